The molecule has 5 rings (SSSR count). The van der Waals surface area contributed by atoms with Gasteiger partial charge in [0.05, 0.1) is 0 Å². The maximum Gasteiger partial charge on any atom is 0.355 e. The monoisotopic (exact) mass is 432 g/mol. The molecule has 6 nitrogen and oxygen atoms in total. The summed E-state index contributed by atoms with van der Waals surface area (Å²) in [4.78, 5) is 24.1. The number of oxazole rings is 1. The van der Waals surface area contributed by atoms with Gasteiger partial charge in [-0.3, -0.25) is 0 Å². The number of nitrogens with zero attached hydrogens (tertiary/aromatic N) is 4. The molecule has 0 spiro atoms. The Labute approximate surface area is 184 Å². The Morgan fingerprint density at radius 1 is 0.806 bits per heavy atom. The molecule has 0 unspecified atom stereocenters. The summed E-state index contributed by atoms with van der Waals surface area (Å²) >= 11 is 6.58. The van der Waals surface area contributed by atoms with Crippen LogP contribution >= 0.6 is 11.6 Å². The molecule has 1 aliphatic heterocycles. The lowest BCUT2D eigenvalue weighted by molar-refractivity contribution is 0.571. The number of aromatic nitrogens is 3. The quantitative estimate of drug-likeness (QED) is 0.443. The van der Waals surface area contributed by atoms with Crippen molar-refractivity contribution in [3.05, 3.63) is 82.4 Å². The molecule has 0 N–H and O–H groups in total. The van der Waals surface area contributed by atoms with Crippen molar-refractivity contribution in [2.45, 2.75) is 19.3 Å². The van der Waals surface area contributed by atoms with Gasteiger partial charge in [-0.15, -0.1) is 0 Å². The van der Waals surface area contributed by atoms with Crippen molar-refractivity contribution in [3.8, 4) is 28.6 Å². The summed E-state index contributed by atoms with van der Waals surface area (Å²) in [7, 11) is 0. The van der Waals surface area contributed by atoms with Gasteiger partial charge in [-0.25, -0.2) is 9.36 Å². The van der Waals surface area contributed by atoms with Crippen LogP contribution in [0.15, 0.2) is 76.1 Å². The van der Waals surface area contributed by atoms with Crippen molar-refractivity contribution in [2.75, 3.05) is 18.0 Å². The molecule has 0 radical (unpaired) electrons. The zero-order chi connectivity index (χ0) is 21.2. The third kappa shape index (κ3) is 3.86. The van der Waals surface area contributed by atoms with Crippen molar-refractivity contribution in [1.82, 2.24) is 14.5 Å². The third-order valence-electron chi connectivity index (χ3n) is 5.41. The fourth-order valence-electron chi connectivity index (χ4n) is 3.86. The molecule has 0 bridgehead atoms. The van der Waals surface area contributed by atoms with Crippen LogP contribution in [-0.4, -0.2) is 27.6 Å². The molecule has 3 heterocycles. The Hall–Kier alpha value is -3.38. The Kier molecular flexibility index (Phi) is 5.30. The lowest BCUT2D eigenvalue weighted by Crippen LogP contribution is -2.33. The van der Waals surface area contributed by atoms with Crippen molar-refractivity contribution < 1.29 is 4.42 Å². The van der Waals surface area contributed by atoms with E-state index in [1.807, 2.05) is 60.7 Å². The lowest BCUT2D eigenvalue weighted by Gasteiger charge is -2.28. The predicted octanol–water partition coefficient (Wildman–Crippen LogP) is 5.20. The predicted molar refractivity (Wildman–Crippen MR) is 122 cm³/mol. The molecule has 156 valence electrons. The van der Waals surface area contributed by atoms with E-state index in [1.165, 1.54) is 11.0 Å². The van der Waals surface area contributed by atoms with Gasteiger partial charge >= 0.3 is 5.69 Å². The highest BCUT2D eigenvalue weighted by atomic mass is 35.5. The molecular weight excluding hydrogens is 412 g/mol. The zero-order valence-corrected chi connectivity index (χ0v) is 17.6. The maximum absolute atomic E-state index is 13.0. The normalized spacial score (nSPS) is 14.0. The fraction of sp³-hybridized carbons (Fsp3) is 0.208. The SMILES string of the molecule is O=c1nc(N2CCCCC2)c(Cl)cn1-c1nc(-c2ccccc2)oc1-c1ccccc1. The van der Waals surface area contributed by atoms with E-state index in [2.05, 4.69) is 14.9 Å². The third-order valence-corrected chi connectivity index (χ3v) is 5.68. The van der Waals surface area contributed by atoms with E-state index in [-0.39, 0.29) is 0 Å². The summed E-state index contributed by atoms with van der Waals surface area (Å²) in [5.41, 5.74) is 1.20. The molecule has 2 aromatic carbocycles. The first kappa shape index (κ1) is 19.6. The van der Waals surface area contributed by atoms with E-state index >= 15 is 0 Å². The van der Waals surface area contributed by atoms with Gasteiger partial charge in [-0.2, -0.15) is 9.97 Å². The van der Waals surface area contributed by atoms with Crippen LogP contribution in [0.1, 0.15) is 19.3 Å². The summed E-state index contributed by atoms with van der Waals surface area (Å²) in [5, 5.41) is 0.421. The number of hydrogen-bond acceptors (Lipinski definition) is 5. The van der Waals surface area contributed by atoms with E-state index in [0.717, 1.165) is 37.1 Å². The average Bonchev–Trinajstić information content (AvgIpc) is 3.27. The van der Waals surface area contributed by atoms with Gasteiger partial charge in [0, 0.05) is 30.4 Å². The van der Waals surface area contributed by atoms with E-state index in [0.29, 0.717) is 28.3 Å². The van der Waals surface area contributed by atoms with Gasteiger partial charge in [-0.1, -0.05) is 60.1 Å². The highest BCUT2D eigenvalue weighted by Gasteiger charge is 2.22. The summed E-state index contributed by atoms with van der Waals surface area (Å²) in [6, 6.07) is 19.2. The van der Waals surface area contributed by atoms with Gasteiger partial charge < -0.3 is 9.32 Å². The van der Waals surface area contributed by atoms with Gasteiger partial charge in [0.15, 0.2) is 17.4 Å². The first-order chi connectivity index (χ1) is 15.2. The van der Waals surface area contributed by atoms with Crippen LogP contribution in [0, 0.1) is 0 Å². The molecule has 7 heteroatoms. The Balaban J connectivity index is 1.65. The fourth-order valence-corrected chi connectivity index (χ4v) is 4.12. The Bertz CT molecular complexity index is 1250. The van der Waals surface area contributed by atoms with Crippen LogP contribution < -0.4 is 10.6 Å². The van der Waals surface area contributed by atoms with Crippen molar-refractivity contribution in [3.63, 3.8) is 0 Å². The Morgan fingerprint density at radius 3 is 2.13 bits per heavy atom. The topological polar surface area (TPSA) is 64.2 Å². The molecule has 2 aromatic heterocycles. The summed E-state index contributed by atoms with van der Waals surface area (Å²) < 4.78 is 7.50. The Morgan fingerprint density at radius 2 is 1.45 bits per heavy atom. The molecule has 1 aliphatic rings. The number of hydrogen-bond donors (Lipinski definition) is 0. The summed E-state index contributed by atoms with van der Waals surface area (Å²) in [6.07, 6.45) is 4.93. The van der Waals surface area contributed by atoms with Gasteiger partial charge in [0.25, 0.3) is 0 Å². The molecule has 4 aromatic rings. The summed E-state index contributed by atoms with van der Waals surface area (Å²) in [6.45, 7) is 1.71. The largest absolute Gasteiger partial charge is 0.434 e. The van der Waals surface area contributed by atoms with E-state index in [9.17, 15) is 4.79 Å². The smallest absolute Gasteiger partial charge is 0.355 e. The minimum Gasteiger partial charge on any atom is -0.434 e. The van der Waals surface area contributed by atoms with Crippen molar-refractivity contribution in [2.24, 2.45) is 0 Å². The molecular formula is C24H21ClN4O2. The second kappa shape index (κ2) is 8.40. The van der Waals surface area contributed by atoms with Crippen LogP contribution in [0.5, 0.6) is 0 Å². The van der Waals surface area contributed by atoms with Crippen LogP contribution in [0.3, 0.4) is 0 Å². The first-order valence-electron chi connectivity index (χ1n) is 10.4. The highest BCUT2D eigenvalue weighted by molar-refractivity contribution is 6.32. The minimum atomic E-state index is -0.435. The van der Waals surface area contributed by atoms with E-state index < -0.39 is 5.69 Å². The second-order valence-electron chi connectivity index (χ2n) is 7.52. The number of rotatable bonds is 4. The number of benzene rings is 2. The number of anilines is 1. The standard InChI is InChI=1S/C24H21ClN4O2/c25-19-16-29(24(30)27-21(19)28-14-8-3-9-15-28)22-20(17-10-4-1-5-11-17)31-23(26-22)18-12-6-2-7-13-18/h1-2,4-7,10-13,16H,3,8-9,14-15H2. The zero-order valence-electron chi connectivity index (χ0n) is 16.9. The first-order valence-corrected chi connectivity index (χ1v) is 10.7. The van der Waals surface area contributed by atoms with Crippen LogP contribution in [0.25, 0.3) is 28.6 Å². The van der Waals surface area contributed by atoms with Crippen LogP contribution in [0.2, 0.25) is 5.02 Å². The van der Waals surface area contributed by atoms with Crippen molar-refractivity contribution >= 4 is 17.4 Å². The molecule has 0 atom stereocenters. The molecule has 1 saturated heterocycles. The van der Waals surface area contributed by atoms with Crippen LogP contribution in [-0.2, 0) is 0 Å². The van der Waals surface area contributed by atoms with E-state index in [1.54, 1.807) is 6.20 Å². The van der Waals surface area contributed by atoms with E-state index in [4.69, 9.17) is 16.0 Å². The highest BCUT2D eigenvalue weighted by Crippen LogP contribution is 2.32. The lowest BCUT2D eigenvalue weighted by atomic mass is 10.1. The molecule has 31 heavy (non-hydrogen) atoms. The minimum absolute atomic E-state index is 0.370. The maximum atomic E-state index is 13.0. The number of halogens is 1. The summed E-state index contributed by atoms with van der Waals surface area (Å²) in [5.74, 6) is 1.83. The number of piperidine rings is 1. The molecule has 0 saturated carbocycles. The van der Waals surface area contributed by atoms with Gasteiger partial charge in [0.1, 0.15) is 5.02 Å². The molecule has 0 aliphatic carbocycles. The molecule has 0 amide bonds. The van der Waals surface area contributed by atoms with Gasteiger partial charge in [-0.05, 0) is 31.4 Å². The average molecular weight is 433 g/mol. The van der Waals surface area contributed by atoms with Gasteiger partial charge in [0.2, 0.25) is 5.89 Å². The molecule has 1 fully saturated rings. The second-order valence-corrected chi connectivity index (χ2v) is 7.92. The van der Waals surface area contributed by atoms with Crippen molar-refractivity contribution in [1.29, 1.82) is 0 Å². The van der Waals surface area contributed by atoms with Crippen LogP contribution in [0.4, 0.5) is 5.82 Å².